The Balaban J connectivity index is 1.79. The van der Waals surface area contributed by atoms with E-state index in [4.69, 9.17) is 4.99 Å². The molecule has 2 heterocycles. The molecule has 1 aliphatic heterocycles. The Labute approximate surface area is 156 Å². The van der Waals surface area contributed by atoms with Crippen molar-refractivity contribution in [2.24, 2.45) is 15.9 Å². The molecule has 27 heavy (non-hydrogen) atoms. The molecule has 136 valence electrons. The number of amidine groups is 2. The van der Waals surface area contributed by atoms with Gasteiger partial charge in [0.2, 0.25) is 0 Å². The second-order valence-electron chi connectivity index (χ2n) is 6.55. The predicted octanol–water partition coefficient (Wildman–Crippen LogP) is 3.77. The van der Waals surface area contributed by atoms with E-state index in [1.54, 1.807) is 12.4 Å². The van der Waals surface area contributed by atoms with Crippen LogP contribution in [-0.4, -0.2) is 29.7 Å². The van der Waals surface area contributed by atoms with Crippen molar-refractivity contribution >= 4 is 17.2 Å². The number of aliphatic imine (C=N–C) groups is 2. The van der Waals surface area contributed by atoms with Crippen LogP contribution in [-0.2, 0) is 0 Å². The van der Waals surface area contributed by atoms with E-state index in [0.717, 1.165) is 28.6 Å². The first-order valence-electron chi connectivity index (χ1n) is 8.67. The van der Waals surface area contributed by atoms with Gasteiger partial charge in [-0.25, -0.2) is 13.8 Å². The zero-order chi connectivity index (χ0) is 19.0. The second kappa shape index (κ2) is 6.87. The van der Waals surface area contributed by atoms with Crippen molar-refractivity contribution < 1.29 is 8.78 Å². The molecule has 1 N–H and O–H groups in total. The summed E-state index contributed by atoms with van der Waals surface area (Å²) >= 11 is 0. The van der Waals surface area contributed by atoms with Crippen LogP contribution in [0.15, 0.2) is 70.4 Å². The molecule has 0 radical (unpaired) electrons. The summed E-state index contributed by atoms with van der Waals surface area (Å²) in [5.74, 6) is 0.150. The molecule has 1 aromatic carbocycles. The number of aromatic nitrogens is 1. The van der Waals surface area contributed by atoms with Crippen LogP contribution >= 0.6 is 0 Å². The van der Waals surface area contributed by atoms with Crippen LogP contribution in [0.25, 0.3) is 5.57 Å². The quantitative estimate of drug-likeness (QED) is 0.882. The van der Waals surface area contributed by atoms with Gasteiger partial charge in [0.25, 0.3) is 0 Å². The summed E-state index contributed by atoms with van der Waals surface area (Å²) in [4.78, 5) is 13.5. The van der Waals surface area contributed by atoms with Crippen molar-refractivity contribution in [3.8, 4) is 0 Å². The molecule has 0 fully saturated rings. The lowest BCUT2D eigenvalue weighted by Crippen LogP contribution is -2.39. The normalized spacial score (nSPS) is 21.5. The number of pyridine rings is 1. The van der Waals surface area contributed by atoms with E-state index in [1.807, 2.05) is 38.3 Å². The standard InChI is InChI=1S/C21H18F2N4/c1-12-6-18-19(10-17(12)14-7-15(22)9-16(23)8-14)26-20(27-21(18)24-2)13-4-3-5-25-11-13/h3-11,18-19H,1-2H3,(H,24,26,27). The summed E-state index contributed by atoms with van der Waals surface area (Å²) in [7, 11) is 1.83. The SMILES string of the molecule is CNC1=NC(c2cccnc2)=NC2C=C(c3cc(F)cc(F)c3)C(C)=CC12. The maximum atomic E-state index is 13.7. The smallest absolute Gasteiger partial charge is 0.158 e. The van der Waals surface area contributed by atoms with E-state index in [2.05, 4.69) is 15.3 Å². The summed E-state index contributed by atoms with van der Waals surface area (Å²) in [6.45, 7) is 1.93. The van der Waals surface area contributed by atoms with Gasteiger partial charge in [-0.05, 0) is 47.9 Å². The fourth-order valence-electron chi connectivity index (χ4n) is 3.47. The van der Waals surface area contributed by atoms with Gasteiger partial charge >= 0.3 is 0 Å². The fourth-order valence-corrected chi connectivity index (χ4v) is 3.47. The predicted molar refractivity (Wildman–Crippen MR) is 103 cm³/mol. The van der Waals surface area contributed by atoms with Gasteiger partial charge in [-0.1, -0.05) is 12.2 Å². The van der Waals surface area contributed by atoms with Crippen molar-refractivity contribution in [2.45, 2.75) is 13.0 Å². The van der Waals surface area contributed by atoms with Crippen molar-refractivity contribution in [2.75, 3.05) is 7.05 Å². The van der Waals surface area contributed by atoms with Crippen LogP contribution in [0.1, 0.15) is 18.1 Å². The number of nitrogens with zero attached hydrogens (tertiary/aromatic N) is 3. The average molecular weight is 364 g/mol. The Morgan fingerprint density at radius 2 is 1.81 bits per heavy atom. The molecule has 4 nitrogen and oxygen atoms in total. The number of fused-ring (bicyclic) bond motifs is 1. The van der Waals surface area contributed by atoms with Gasteiger partial charge in [0.15, 0.2) is 5.84 Å². The van der Waals surface area contributed by atoms with Gasteiger partial charge in [0.05, 0.1) is 12.0 Å². The third-order valence-corrected chi connectivity index (χ3v) is 4.72. The number of benzene rings is 1. The lowest BCUT2D eigenvalue weighted by Gasteiger charge is -2.30. The van der Waals surface area contributed by atoms with Crippen molar-refractivity contribution in [3.05, 3.63) is 83.2 Å². The first kappa shape index (κ1) is 17.3. The lowest BCUT2D eigenvalue weighted by molar-refractivity contribution is 0.582. The number of allylic oxidation sites excluding steroid dienone is 2. The molecular formula is C21H18F2N4. The molecule has 4 rings (SSSR count). The molecule has 2 aromatic rings. The molecular weight excluding hydrogens is 346 g/mol. The minimum Gasteiger partial charge on any atom is -0.376 e. The first-order valence-corrected chi connectivity index (χ1v) is 8.67. The van der Waals surface area contributed by atoms with E-state index in [9.17, 15) is 8.78 Å². The molecule has 0 bridgehead atoms. The maximum Gasteiger partial charge on any atom is 0.158 e. The summed E-state index contributed by atoms with van der Waals surface area (Å²) in [5.41, 5.74) is 3.04. The van der Waals surface area contributed by atoms with Crippen molar-refractivity contribution in [1.29, 1.82) is 0 Å². The molecule has 0 spiro atoms. The largest absolute Gasteiger partial charge is 0.376 e. The minimum absolute atomic E-state index is 0.0439. The second-order valence-corrected chi connectivity index (χ2v) is 6.55. The van der Waals surface area contributed by atoms with Crippen LogP contribution in [0.3, 0.4) is 0 Å². The van der Waals surface area contributed by atoms with E-state index in [-0.39, 0.29) is 12.0 Å². The Hall–Kier alpha value is -3.15. The van der Waals surface area contributed by atoms with Crippen LogP contribution in [0, 0.1) is 17.6 Å². The molecule has 1 aromatic heterocycles. The molecule has 2 aliphatic rings. The monoisotopic (exact) mass is 364 g/mol. The fraction of sp³-hybridized carbons (Fsp3) is 0.190. The zero-order valence-corrected chi connectivity index (χ0v) is 14.9. The van der Waals surface area contributed by atoms with E-state index in [1.165, 1.54) is 12.1 Å². The average Bonchev–Trinajstić information content (AvgIpc) is 2.66. The Bertz CT molecular complexity index is 986. The number of rotatable bonds is 2. The van der Waals surface area contributed by atoms with Gasteiger partial charge in [0, 0.05) is 31.1 Å². The van der Waals surface area contributed by atoms with Gasteiger partial charge in [0.1, 0.15) is 17.5 Å². The Morgan fingerprint density at radius 1 is 1.04 bits per heavy atom. The molecule has 0 saturated heterocycles. The number of nitrogens with one attached hydrogen (secondary N) is 1. The topological polar surface area (TPSA) is 49.6 Å². The Morgan fingerprint density at radius 3 is 2.48 bits per heavy atom. The highest BCUT2D eigenvalue weighted by Gasteiger charge is 2.31. The highest BCUT2D eigenvalue weighted by Crippen LogP contribution is 2.34. The summed E-state index contributed by atoms with van der Waals surface area (Å²) in [6.07, 6.45) is 7.41. The molecule has 1 aliphatic carbocycles. The van der Waals surface area contributed by atoms with Gasteiger partial charge in [-0.15, -0.1) is 0 Å². The molecule has 2 atom stereocenters. The van der Waals surface area contributed by atoms with E-state index < -0.39 is 11.6 Å². The number of hydrogen-bond donors (Lipinski definition) is 1. The van der Waals surface area contributed by atoms with E-state index >= 15 is 0 Å². The van der Waals surface area contributed by atoms with Gasteiger partial charge in [-0.2, -0.15) is 0 Å². The molecule has 0 saturated carbocycles. The third-order valence-electron chi connectivity index (χ3n) is 4.72. The molecule has 2 unspecified atom stereocenters. The summed E-state index contributed by atoms with van der Waals surface area (Å²) < 4.78 is 27.4. The zero-order valence-electron chi connectivity index (χ0n) is 14.9. The highest BCUT2D eigenvalue weighted by molar-refractivity contribution is 6.09. The van der Waals surface area contributed by atoms with Crippen LogP contribution < -0.4 is 5.32 Å². The van der Waals surface area contributed by atoms with E-state index in [0.29, 0.717) is 11.4 Å². The van der Waals surface area contributed by atoms with Crippen LogP contribution in [0.2, 0.25) is 0 Å². The summed E-state index contributed by atoms with van der Waals surface area (Å²) in [5, 5.41) is 3.15. The van der Waals surface area contributed by atoms with Crippen molar-refractivity contribution in [1.82, 2.24) is 10.3 Å². The van der Waals surface area contributed by atoms with Gasteiger partial charge < -0.3 is 5.32 Å². The maximum absolute atomic E-state index is 13.7. The van der Waals surface area contributed by atoms with Crippen LogP contribution in [0.5, 0.6) is 0 Å². The first-order chi connectivity index (χ1) is 13.0. The lowest BCUT2D eigenvalue weighted by atomic mass is 9.83. The Kier molecular flexibility index (Phi) is 4.39. The third kappa shape index (κ3) is 3.30. The highest BCUT2D eigenvalue weighted by atomic mass is 19.1. The molecule has 0 amide bonds. The summed E-state index contributed by atoms with van der Waals surface area (Å²) in [6, 6.07) is 7.08. The van der Waals surface area contributed by atoms with Crippen molar-refractivity contribution in [3.63, 3.8) is 0 Å². The van der Waals surface area contributed by atoms with Crippen LogP contribution in [0.4, 0.5) is 8.78 Å². The number of halogens is 2. The molecule has 6 heteroatoms. The number of hydrogen-bond acceptors (Lipinski definition) is 4. The minimum atomic E-state index is -0.596. The van der Waals surface area contributed by atoms with Gasteiger partial charge in [-0.3, -0.25) is 9.98 Å².